The lowest BCUT2D eigenvalue weighted by molar-refractivity contribution is 0.346. The van der Waals surface area contributed by atoms with Crippen molar-refractivity contribution in [2.45, 2.75) is 25.6 Å². The predicted molar refractivity (Wildman–Crippen MR) is 82.7 cm³/mol. The summed E-state index contributed by atoms with van der Waals surface area (Å²) >= 11 is 0. The van der Waals surface area contributed by atoms with Crippen molar-refractivity contribution in [3.8, 4) is 0 Å². The number of sulfone groups is 1. The van der Waals surface area contributed by atoms with Gasteiger partial charge < -0.3 is 10.6 Å². The number of rotatable bonds is 7. The Morgan fingerprint density at radius 3 is 2.60 bits per heavy atom. The first kappa shape index (κ1) is 16.7. The molecule has 5 nitrogen and oxygen atoms in total. The second kappa shape index (κ2) is 6.85. The third-order valence-electron chi connectivity index (χ3n) is 3.17. The average Bonchev–Trinajstić information content (AvgIpc) is 2.36. The minimum atomic E-state index is -3.00. The summed E-state index contributed by atoms with van der Waals surface area (Å²) in [5.41, 5.74) is 7.15. The number of hydrogen-bond donors (Lipinski definition) is 2. The SMILES string of the molecule is CC(C)S(=O)(=O)CCN(C)Cc1cccc(C(=N)N)c1. The van der Waals surface area contributed by atoms with Gasteiger partial charge in [0, 0.05) is 18.7 Å². The third-order valence-corrected chi connectivity index (χ3v) is 5.35. The Hall–Kier alpha value is -1.40. The van der Waals surface area contributed by atoms with E-state index in [1.54, 1.807) is 19.9 Å². The van der Waals surface area contributed by atoms with Gasteiger partial charge in [0.1, 0.15) is 5.84 Å². The number of nitrogen functional groups attached to an aromatic ring is 1. The van der Waals surface area contributed by atoms with Gasteiger partial charge in [-0.1, -0.05) is 18.2 Å². The standard InChI is InChI=1S/C14H23N3O2S/c1-11(2)20(18,19)8-7-17(3)10-12-5-4-6-13(9-12)14(15)16/h4-6,9,11H,7-8,10H2,1-3H3,(H3,15,16). The summed E-state index contributed by atoms with van der Waals surface area (Å²) < 4.78 is 23.5. The molecule has 1 aromatic rings. The second-order valence-corrected chi connectivity index (χ2v) is 7.94. The monoisotopic (exact) mass is 297 g/mol. The summed E-state index contributed by atoms with van der Waals surface area (Å²) in [7, 11) is -1.12. The van der Waals surface area contributed by atoms with E-state index in [9.17, 15) is 8.42 Å². The maximum Gasteiger partial charge on any atom is 0.153 e. The van der Waals surface area contributed by atoms with Gasteiger partial charge >= 0.3 is 0 Å². The van der Waals surface area contributed by atoms with Crippen LogP contribution in [0.4, 0.5) is 0 Å². The molecule has 3 N–H and O–H groups in total. The number of nitrogens with zero attached hydrogens (tertiary/aromatic N) is 1. The molecular weight excluding hydrogens is 274 g/mol. The topological polar surface area (TPSA) is 87.2 Å². The summed E-state index contributed by atoms with van der Waals surface area (Å²) in [6, 6.07) is 7.44. The molecule has 0 fully saturated rings. The summed E-state index contributed by atoms with van der Waals surface area (Å²) in [4.78, 5) is 1.96. The summed E-state index contributed by atoms with van der Waals surface area (Å²) in [5, 5.41) is 7.07. The minimum absolute atomic E-state index is 0.0388. The van der Waals surface area contributed by atoms with Crippen LogP contribution < -0.4 is 5.73 Å². The molecule has 0 unspecified atom stereocenters. The Balaban J connectivity index is 2.61. The fourth-order valence-corrected chi connectivity index (χ4v) is 2.78. The van der Waals surface area contributed by atoms with Crippen molar-refractivity contribution in [3.63, 3.8) is 0 Å². The Morgan fingerprint density at radius 1 is 1.40 bits per heavy atom. The lowest BCUT2D eigenvalue weighted by Gasteiger charge is -2.18. The molecule has 0 amide bonds. The fraction of sp³-hybridized carbons (Fsp3) is 0.500. The third kappa shape index (κ3) is 4.94. The average molecular weight is 297 g/mol. The molecule has 0 atom stereocenters. The molecule has 6 heteroatoms. The lowest BCUT2D eigenvalue weighted by Crippen LogP contribution is -2.28. The molecule has 20 heavy (non-hydrogen) atoms. The molecule has 0 heterocycles. The molecule has 0 aliphatic heterocycles. The van der Waals surface area contributed by atoms with Crippen LogP contribution in [0.25, 0.3) is 0 Å². The Bertz CT molecular complexity index is 568. The van der Waals surface area contributed by atoms with Crippen LogP contribution >= 0.6 is 0 Å². The highest BCUT2D eigenvalue weighted by atomic mass is 32.2. The van der Waals surface area contributed by atoms with Crippen molar-refractivity contribution in [2.24, 2.45) is 5.73 Å². The number of nitrogens with two attached hydrogens (primary N) is 1. The van der Waals surface area contributed by atoms with Crippen molar-refractivity contribution >= 4 is 15.7 Å². The number of hydrogen-bond acceptors (Lipinski definition) is 4. The van der Waals surface area contributed by atoms with Crippen LogP contribution in [-0.4, -0.2) is 43.7 Å². The van der Waals surface area contributed by atoms with E-state index in [1.807, 2.05) is 30.1 Å². The molecule has 0 saturated heterocycles. The van der Waals surface area contributed by atoms with Crippen LogP contribution in [0.2, 0.25) is 0 Å². The van der Waals surface area contributed by atoms with Crippen molar-refractivity contribution in [1.29, 1.82) is 5.41 Å². The van der Waals surface area contributed by atoms with Crippen LogP contribution in [0.1, 0.15) is 25.0 Å². The smallest absolute Gasteiger partial charge is 0.153 e. The Labute approximate surface area is 121 Å². The van der Waals surface area contributed by atoms with Crippen molar-refractivity contribution in [3.05, 3.63) is 35.4 Å². The first-order chi connectivity index (χ1) is 9.22. The summed E-state index contributed by atoms with van der Waals surface area (Å²) in [6.45, 7) is 4.52. The molecule has 112 valence electrons. The predicted octanol–water partition coefficient (Wildman–Crippen LogP) is 1.23. The normalized spacial score (nSPS) is 12.1. The van der Waals surface area contributed by atoms with Gasteiger partial charge in [-0.05, 0) is 32.5 Å². The van der Waals surface area contributed by atoms with Gasteiger partial charge in [0.05, 0.1) is 11.0 Å². The van der Waals surface area contributed by atoms with Crippen molar-refractivity contribution in [2.75, 3.05) is 19.3 Å². The highest BCUT2D eigenvalue weighted by molar-refractivity contribution is 7.92. The van der Waals surface area contributed by atoms with Gasteiger partial charge in [-0.2, -0.15) is 0 Å². The zero-order valence-electron chi connectivity index (χ0n) is 12.3. The van der Waals surface area contributed by atoms with E-state index in [1.165, 1.54) is 0 Å². The highest BCUT2D eigenvalue weighted by Crippen LogP contribution is 2.08. The first-order valence-corrected chi connectivity index (χ1v) is 8.27. The molecule has 0 bridgehead atoms. The van der Waals surface area contributed by atoms with E-state index >= 15 is 0 Å². The molecule has 0 saturated carbocycles. The maximum atomic E-state index is 11.8. The maximum absolute atomic E-state index is 11.8. The zero-order chi connectivity index (χ0) is 15.3. The van der Waals surface area contributed by atoms with Crippen LogP contribution in [-0.2, 0) is 16.4 Å². The van der Waals surface area contributed by atoms with E-state index in [0.717, 1.165) is 5.56 Å². The molecule has 1 rings (SSSR count). The molecule has 0 aliphatic rings. The lowest BCUT2D eigenvalue weighted by atomic mass is 10.1. The van der Waals surface area contributed by atoms with Crippen LogP contribution in [0.5, 0.6) is 0 Å². The van der Waals surface area contributed by atoms with Crippen LogP contribution in [0, 0.1) is 5.41 Å². The van der Waals surface area contributed by atoms with E-state index in [0.29, 0.717) is 18.7 Å². The molecule has 0 aromatic heterocycles. The highest BCUT2D eigenvalue weighted by Gasteiger charge is 2.16. The Morgan fingerprint density at radius 2 is 2.05 bits per heavy atom. The van der Waals surface area contributed by atoms with Crippen molar-refractivity contribution in [1.82, 2.24) is 4.90 Å². The van der Waals surface area contributed by atoms with Gasteiger partial charge in [0.2, 0.25) is 0 Å². The molecule has 0 aliphatic carbocycles. The Kier molecular flexibility index (Phi) is 5.71. The van der Waals surface area contributed by atoms with Crippen LogP contribution in [0.3, 0.4) is 0 Å². The van der Waals surface area contributed by atoms with E-state index in [2.05, 4.69) is 0 Å². The molecule has 1 aromatic carbocycles. The largest absolute Gasteiger partial charge is 0.384 e. The van der Waals surface area contributed by atoms with Gasteiger partial charge in [0.25, 0.3) is 0 Å². The van der Waals surface area contributed by atoms with E-state index < -0.39 is 9.84 Å². The summed E-state index contributed by atoms with van der Waals surface area (Å²) in [5.74, 6) is 0.199. The number of nitrogens with one attached hydrogen (secondary N) is 1. The molecule has 0 spiro atoms. The molecule has 0 radical (unpaired) electrons. The van der Waals surface area contributed by atoms with Gasteiger partial charge in [-0.15, -0.1) is 0 Å². The van der Waals surface area contributed by atoms with Crippen molar-refractivity contribution < 1.29 is 8.42 Å². The zero-order valence-corrected chi connectivity index (χ0v) is 13.1. The van der Waals surface area contributed by atoms with Gasteiger partial charge in [-0.25, -0.2) is 8.42 Å². The van der Waals surface area contributed by atoms with Crippen LogP contribution in [0.15, 0.2) is 24.3 Å². The fourth-order valence-electron chi connectivity index (χ4n) is 1.75. The second-order valence-electron chi connectivity index (χ2n) is 5.27. The number of benzene rings is 1. The van der Waals surface area contributed by atoms with E-state index in [-0.39, 0.29) is 16.8 Å². The summed E-state index contributed by atoms with van der Waals surface area (Å²) in [6.07, 6.45) is 0. The minimum Gasteiger partial charge on any atom is -0.384 e. The molecular formula is C14H23N3O2S. The van der Waals surface area contributed by atoms with Gasteiger partial charge in [-0.3, -0.25) is 5.41 Å². The van der Waals surface area contributed by atoms with Gasteiger partial charge in [0.15, 0.2) is 9.84 Å². The van der Waals surface area contributed by atoms with E-state index in [4.69, 9.17) is 11.1 Å². The first-order valence-electron chi connectivity index (χ1n) is 6.56. The quantitative estimate of drug-likeness (QED) is 0.585. The number of amidine groups is 1.